The van der Waals surface area contributed by atoms with Gasteiger partial charge < -0.3 is 9.64 Å². The second-order valence-corrected chi connectivity index (χ2v) is 8.64. The van der Waals surface area contributed by atoms with Crippen molar-refractivity contribution in [2.45, 2.75) is 19.4 Å². The molecule has 1 aliphatic heterocycles. The lowest BCUT2D eigenvalue weighted by molar-refractivity contribution is -0.384. The lowest BCUT2D eigenvalue weighted by Gasteiger charge is -2.18. The molecule has 0 spiro atoms. The first-order valence-electron chi connectivity index (χ1n) is 10.9. The van der Waals surface area contributed by atoms with Crippen molar-refractivity contribution in [2.75, 3.05) is 11.4 Å². The zero-order valence-electron chi connectivity index (χ0n) is 18.7. The lowest BCUT2D eigenvalue weighted by Crippen LogP contribution is -2.30. The summed E-state index contributed by atoms with van der Waals surface area (Å²) in [7, 11) is 0. The zero-order valence-corrected chi connectivity index (χ0v) is 19.5. The van der Waals surface area contributed by atoms with E-state index in [2.05, 4.69) is 0 Å². The van der Waals surface area contributed by atoms with Gasteiger partial charge in [-0.3, -0.25) is 24.5 Å². The fourth-order valence-corrected chi connectivity index (χ4v) is 4.02. The van der Waals surface area contributed by atoms with Gasteiger partial charge in [0.05, 0.1) is 10.8 Å². The summed E-state index contributed by atoms with van der Waals surface area (Å²) < 4.78 is 5.37. The maximum Gasteiger partial charge on any atom is 0.312 e. The third-order valence-electron chi connectivity index (χ3n) is 5.84. The van der Waals surface area contributed by atoms with Crippen LogP contribution in [0.2, 0.25) is 5.02 Å². The van der Waals surface area contributed by atoms with Gasteiger partial charge >= 0.3 is 5.97 Å². The topological polar surface area (TPSA) is 107 Å². The van der Waals surface area contributed by atoms with E-state index >= 15 is 0 Å². The average molecular weight is 493 g/mol. The second kappa shape index (κ2) is 10.1. The number of ketones is 1. The van der Waals surface area contributed by atoms with Crippen LogP contribution in [0.5, 0.6) is 0 Å². The van der Waals surface area contributed by atoms with Crippen LogP contribution in [0.3, 0.4) is 0 Å². The summed E-state index contributed by atoms with van der Waals surface area (Å²) in [5, 5.41) is 11.3. The molecule has 4 rings (SSSR count). The number of nitro groups is 1. The average Bonchev–Trinajstić information content (AvgIpc) is 3.26. The number of halogens is 1. The van der Waals surface area contributed by atoms with E-state index in [1.165, 1.54) is 24.0 Å². The number of Topliss-reactive ketones (excluding diaryl/α,β-unsaturated/α-hetero) is 1. The number of anilines is 1. The molecule has 0 saturated carbocycles. The quantitative estimate of drug-likeness (QED) is 0.197. The Hall–Kier alpha value is -4.04. The van der Waals surface area contributed by atoms with E-state index in [-0.39, 0.29) is 30.3 Å². The molecule has 0 bridgehead atoms. The molecular formula is C26H21ClN2O6. The van der Waals surface area contributed by atoms with Crippen LogP contribution >= 0.6 is 11.6 Å². The van der Waals surface area contributed by atoms with Crippen molar-refractivity contribution in [3.63, 3.8) is 0 Å². The monoisotopic (exact) mass is 492 g/mol. The van der Waals surface area contributed by atoms with Crippen LogP contribution in [0.25, 0.3) is 11.1 Å². The number of rotatable bonds is 7. The van der Waals surface area contributed by atoms with Crippen molar-refractivity contribution >= 4 is 40.6 Å². The first-order valence-corrected chi connectivity index (χ1v) is 11.3. The third kappa shape index (κ3) is 5.38. The number of carbonyl (C=O) groups excluding carboxylic acids is 3. The number of esters is 1. The molecule has 9 heteroatoms. The van der Waals surface area contributed by atoms with Crippen LogP contribution in [0.1, 0.15) is 23.7 Å². The molecule has 35 heavy (non-hydrogen) atoms. The van der Waals surface area contributed by atoms with E-state index in [1.807, 2.05) is 12.1 Å². The summed E-state index contributed by atoms with van der Waals surface area (Å²) in [6.45, 7) is 1.65. The predicted octanol–water partition coefficient (Wildman–Crippen LogP) is 5.08. The van der Waals surface area contributed by atoms with E-state index < -0.39 is 22.9 Å². The Kier molecular flexibility index (Phi) is 6.93. The Bertz CT molecular complexity index is 1270. The van der Waals surface area contributed by atoms with Gasteiger partial charge in [-0.25, -0.2) is 0 Å². The number of hydrogen-bond acceptors (Lipinski definition) is 6. The van der Waals surface area contributed by atoms with E-state index in [9.17, 15) is 24.5 Å². The van der Waals surface area contributed by atoms with Crippen LogP contribution in [0, 0.1) is 16.0 Å². The first kappa shape index (κ1) is 24.1. The Morgan fingerprint density at radius 1 is 1.00 bits per heavy atom. The largest absolute Gasteiger partial charge is 0.454 e. The summed E-state index contributed by atoms with van der Waals surface area (Å²) in [6, 6.07) is 19.6. The molecule has 1 fully saturated rings. The number of non-ortho nitro benzene ring substituents is 1. The number of carbonyl (C=O) groups is 3. The minimum atomic E-state index is -0.992. The predicted molar refractivity (Wildman–Crippen MR) is 130 cm³/mol. The van der Waals surface area contributed by atoms with Gasteiger partial charge in [-0.15, -0.1) is 0 Å². The van der Waals surface area contributed by atoms with E-state index in [1.54, 1.807) is 48.5 Å². The van der Waals surface area contributed by atoms with E-state index in [0.717, 1.165) is 11.1 Å². The highest BCUT2D eigenvalue weighted by molar-refractivity contribution is 6.30. The molecule has 2 atom stereocenters. The minimum Gasteiger partial charge on any atom is -0.454 e. The molecule has 8 nitrogen and oxygen atoms in total. The number of ether oxygens (including phenoxy) is 1. The van der Waals surface area contributed by atoms with Gasteiger partial charge in [0.15, 0.2) is 6.10 Å². The molecule has 0 aromatic heterocycles. The molecule has 1 heterocycles. The van der Waals surface area contributed by atoms with Gasteiger partial charge in [-0.1, -0.05) is 23.7 Å². The Morgan fingerprint density at radius 2 is 1.57 bits per heavy atom. The van der Waals surface area contributed by atoms with Crippen molar-refractivity contribution in [1.82, 2.24) is 0 Å². The Labute approximate surface area is 206 Å². The molecular weight excluding hydrogens is 472 g/mol. The van der Waals surface area contributed by atoms with Crippen molar-refractivity contribution in [3.8, 4) is 11.1 Å². The third-order valence-corrected chi connectivity index (χ3v) is 6.09. The van der Waals surface area contributed by atoms with Gasteiger partial charge in [0.1, 0.15) is 0 Å². The number of hydrogen-bond donors (Lipinski definition) is 0. The second-order valence-electron chi connectivity index (χ2n) is 8.21. The number of amides is 1. The highest BCUT2D eigenvalue weighted by atomic mass is 35.5. The van der Waals surface area contributed by atoms with Gasteiger partial charge in [-0.05, 0) is 66.6 Å². The molecule has 0 unspecified atom stereocenters. The van der Waals surface area contributed by atoms with Gasteiger partial charge in [-0.2, -0.15) is 0 Å². The molecule has 1 aliphatic rings. The Morgan fingerprint density at radius 3 is 2.14 bits per heavy atom. The highest BCUT2D eigenvalue weighted by Gasteiger charge is 2.37. The standard InChI is InChI=1S/C26H21ClN2O6/c1-16(25(31)19-2-8-21(27)9-3-19)35-26(32)20-14-24(30)28(15-20)22-10-4-17(5-11-22)18-6-12-23(13-7-18)29(33)34/h2-13,16,20H,14-15H2,1H3/t16-,20-/m1/s1. The van der Waals surface area contributed by atoms with Gasteiger partial charge in [0.25, 0.3) is 5.69 Å². The molecule has 1 amide bonds. The molecule has 0 radical (unpaired) electrons. The van der Waals surface area contributed by atoms with Crippen molar-refractivity contribution < 1.29 is 24.0 Å². The van der Waals surface area contributed by atoms with E-state index in [0.29, 0.717) is 16.3 Å². The fourth-order valence-electron chi connectivity index (χ4n) is 3.90. The molecule has 3 aromatic carbocycles. The summed E-state index contributed by atoms with van der Waals surface area (Å²) in [5.41, 5.74) is 2.65. The summed E-state index contributed by atoms with van der Waals surface area (Å²) >= 11 is 5.84. The van der Waals surface area contributed by atoms with Crippen LogP contribution in [0.15, 0.2) is 72.8 Å². The lowest BCUT2D eigenvalue weighted by atomic mass is 10.0. The maximum absolute atomic E-state index is 12.7. The van der Waals surface area contributed by atoms with Crippen LogP contribution in [-0.4, -0.2) is 35.2 Å². The normalized spacial score (nSPS) is 16.1. The van der Waals surface area contributed by atoms with Crippen LogP contribution in [0.4, 0.5) is 11.4 Å². The minimum absolute atomic E-state index is 0.00913. The fraction of sp³-hybridized carbons (Fsp3) is 0.192. The molecule has 0 aliphatic carbocycles. The molecule has 1 saturated heterocycles. The molecule has 178 valence electrons. The van der Waals surface area contributed by atoms with Gasteiger partial charge in [0.2, 0.25) is 11.7 Å². The molecule has 3 aromatic rings. The van der Waals surface area contributed by atoms with Crippen molar-refractivity contribution in [1.29, 1.82) is 0 Å². The summed E-state index contributed by atoms with van der Waals surface area (Å²) in [4.78, 5) is 49.7. The molecule has 0 N–H and O–H groups in total. The SMILES string of the molecule is C[C@@H](OC(=O)[C@@H]1CC(=O)N(c2ccc(-c3ccc([N+](=O)[O-])cc3)cc2)C1)C(=O)c1ccc(Cl)cc1. The maximum atomic E-state index is 12.7. The summed E-state index contributed by atoms with van der Waals surface area (Å²) in [5.74, 6) is -1.85. The van der Waals surface area contributed by atoms with Crippen LogP contribution in [-0.2, 0) is 14.3 Å². The summed E-state index contributed by atoms with van der Waals surface area (Å²) in [6.07, 6.45) is -1.00. The number of benzene rings is 3. The zero-order chi connectivity index (χ0) is 25.1. The van der Waals surface area contributed by atoms with Gasteiger partial charge in [0, 0.05) is 41.4 Å². The number of nitrogens with zero attached hydrogens (tertiary/aromatic N) is 2. The first-order chi connectivity index (χ1) is 16.7. The number of nitro benzene ring substituents is 1. The smallest absolute Gasteiger partial charge is 0.312 e. The van der Waals surface area contributed by atoms with Crippen LogP contribution < -0.4 is 4.90 Å². The van der Waals surface area contributed by atoms with Crippen molar-refractivity contribution in [2.24, 2.45) is 5.92 Å². The highest BCUT2D eigenvalue weighted by Crippen LogP contribution is 2.29. The Balaban J connectivity index is 1.39. The van der Waals surface area contributed by atoms with E-state index in [4.69, 9.17) is 16.3 Å². The van der Waals surface area contributed by atoms with Crippen molar-refractivity contribution in [3.05, 3.63) is 93.5 Å².